The van der Waals surface area contributed by atoms with Gasteiger partial charge in [-0.05, 0) is 54.4 Å². The molecule has 6 nitrogen and oxygen atoms in total. The van der Waals surface area contributed by atoms with Gasteiger partial charge < -0.3 is 24.2 Å². The Morgan fingerprint density at radius 3 is 2.51 bits per heavy atom. The van der Waals surface area contributed by atoms with Crippen molar-refractivity contribution in [2.24, 2.45) is 23.7 Å². The Hall–Kier alpha value is -2.57. The van der Waals surface area contributed by atoms with Gasteiger partial charge >= 0.3 is 5.97 Å². The number of carbonyl (C=O) groups excluding carboxylic acids is 1. The largest absolute Gasteiger partial charge is 0.463 e. The monoisotopic (exact) mass is 477 g/mol. The van der Waals surface area contributed by atoms with Gasteiger partial charge in [-0.25, -0.2) is 4.79 Å². The van der Waals surface area contributed by atoms with Crippen molar-refractivity contribution >= 4 is 5.97 Å². The average molecular weight is 478 g/mol. The highest BCUT2D eigenvalue weighted by atomic mass is 16.7. The maximum Gasteiger partial charge on any atom is 0.343 e. The lowest BCUT2D eigenvalue weighted by atomic mass is 9.73. The fourth-order valence-corrected chi connectivity index (χ4v) is 6.56. The molecule has 3 fully saturated rings. The van der Waals surface area contributed by atoms with Crippen molar-refractivity contribution in [1.82, 2.24) is 4.90 Å². The molecule has 2 heterocycles. The van der Waals surface area contributed by atoms with E-state index in [4.69, 9.17) is 14.2 Å². The first-order chi connectivity index (χ1) is 17.1. The molecule has 6 heteroatoms. The molecule has 2 aromatic carbocycles. The number of carbonyl (C=O) groups is 1. The molecule has 0 aromatic heterocycles. The number of hydrogen-bond acceptors (Lipinski definition) is 6. The maximum absolute atomic E-state index is 13.3. The van der Waals surface area contributed by atoms with Gasteiger partial charge in [-0.3, -0.25) is 0 Å². The van der Waals surface area contributed by atoms with Crippen molar-refractivity contribution in [3.8, 4) is 11.5 Å². The third-order valence-corrected chi connectivity index (χ3v) is 8.73. The van der Waals surface area contributed by atoms with Crippen LogP contribution in [0.1, 0.15) is 43.2 Å². The first-order valence-electron chi connectivity index (χ1n) is 13.2. The van der Waals surface area contributed by atoms with E-state index >= 15 is 0 Å². The Bertz CT molecular complexity index is 1040. The number of rotatable bonds is 8. The first-order valence-corrected chi connectivity index (χ1v) is 13.2. The summed E-state index contributed by atoms with van der Waals surface area (Å²) in [6, 6.07) is 15.6. The van der Waals surface area contributed by atoms with Gasteiger partial charge in [0.1, 0.15) is 0 Å². The zero-order valence-electron chi connectivity index (χ0n) is 20.2. The van der Waals surface area contributed by atoms with Gasteiger partial charge in [0.15, 0.2) is 17.1 Å². The van der Waals surface area contributed by atoms with E-state index in [0.29, 0.717) is 36.7 Å². The first kappa shape index (κ1) is 22.9. The van der Waals surface area contributed by atoms with Gasteiger partial charge in [0.25, 0.3) is 0 Å². The predicted octanol–water partition coefficient (Wildman–Crippen LogP) is 4.15. The molecule has 1 N–H and O–H groups in total. The number of esters is 1. The summed E-state index contributed by atoms with van der Waals surface area (Å²) in [5, 5.41) is 11.7. The van der Waals surface area contributed by atoms with Crippen molar-refractivity contribution in [1.29, 1.82) is 0 Å². The Morgan fingerprint density at radius 2 is 1.74 bits per heavy atom. The van der Waals surface area contributed by atoms with Crippen molar-refractivity contribution < 1.29 is 24.1 Å². The number of benzene rings is 2. The van der Waals surface area contributed by atoms with Gasteiger partial charge in [0.2, 0.25) is 6.79 Å². The lowest BCUT2D eigenvalue weighted by Gasteiger charge is -2.36. The second kappa shape index (κ2) is 9.47. The van der Waals surface area contributed by atoms with E-state index in [2.05, 4.69) is 17.0 Å². The highest BCUT2D eigenvalue weighted by Crippen LogP contribution is 2.52. The zero-order valence-corrected chi connectivity index (χ0v) is 20.2. The third-order valence-electron chi connectivity index (χ3n) is 8.73. The summed E-state index contributed by atoms with van der Waals surface area (Å²) in [6.07, 6.45) is 6.01. The summed E-state index contributed by atoms with van der Waals surface area (Å²) in [5.41, 5.74) is 0.397. The molecule has 0 bridgehead atoms. The fourth-order valence-electron chi connectivity index (χ4n) is 6.56. The SMILES string of the molecule is O=C(OCC1C2CN(CCc3ccc4c(c3)OCO4)CC12)C(O)(c1ccccc1)C1CCCCC1. The van der Waals surface area contributed by atoms with E-state index in [1.807, 2.05) is 36.4 Å². The molecule has 2 aliphatic heterocycles. The summed E-state index contributed by atoms with van der Waals surface area (Å²) in [5.74, 6) is 2.76. The molecule has 0 spiro atoms. The number of piperidine rings is 1. The van der Waals surface area contributed by atoms with Gasteiger partial charge in [-0.15, -0.1) is 0 Å². The highest BCUT2D eigenvalue weighted by Gasteiger charge is 2.56. The van der Waals surface area contributed by atoms with Crippen LogP contribution in [0.5, 0.6) is 11.5 Å². The molecule has 3 atom stereocenters. The molecule has 1 saturated heterocycles. The number of nitrogens with zero attached hydrogens (tertiary/aromatic N) is 1. The van der Waals surface area contributed by atoms with Crippen LogP contribution in [-0.4, -0.2) is 49.0 Å². The molecule has 0 radical (unpaired) electrons. The normalized spacial score (nSPS) is 27.3. The third kappa shape index (κ3) is 4.43. The van der Waals surface area contributed by atoms with Crippen LogP contribution in [0.3, 0.4) is 0 Å². The quantitative estimate of drug-likeness (QED) is 0.577. The van der Waals surface area contributed by atoms with Crippen molar-refractivity contribution in [2.45, 2.75) is 44.1 Å². The van der Waals surface area contributed by atoms with E-state index in [-0.39, 0.29) is 5.92 Å². The maximum atomic E-state index is 13.3. The van der Waals surface area contributed by atoms with Crippen LogP contribution in [-0.2, 0) is 21.6 Å². The fraction of sp³-hybridized carbons (Fsp3) is 0.552. The van der Waals surface area contributed by atoms with Gasteiger partial charge in [-0.1, -0.05) is 55.7 Å². The molecule has 2 aliphatic carbocycles. The molecule has 186 valence electrons. The molecule has 2 aromatic rings. The van der Waals surface area contributed by atoms with E-state index < -0.39 is 11.6 Å². The van der Waals surface area contributed by atoms with Crippen molar-refractivity contribution in [3.05, 3.63) is 59.7 Å². The van der Waals surface area contributed by atoms with Crippen LogP contribution >= 0.6 is 0 Å². The predicted molar refractivity (Wildman–Crippen MR) is 131 cm³/mol. The van der Waals surface area contributed by atoms with Crippen LogP contribution in [0.2, 0.25) is 0 Å². The van der Waals surface area contributed by atoms with Crippen LogP contribution < -0.4 is 9.47 Å². The zero-order chi connectivity index (χ0) is 23.8. The molecule has 35 heavy (non-hydrogen) atoms. The number of hydrogen-bond donors (Lipinski definition) is 1. The summed E-state index contributed by atoms with van der Waals surface area (Å²) in [7, 11) is 0. The lowest BCUT2D eigenvalue weighted by Crippen LogP contribution is -2.45. The molecular weight excluding hydrogens is 442 g/mol. The van der Waals surface area contributed by atoms with Crippen LogP contribution in [0.15, 0.2) is 48.5 Å². The topological polar surface area (TPSA) is 68.2 Å². The Balaban J connectivity index is 1.01. The Morgan fingerprint density at radius 1 is 1.00 bits per heavy atom. The van der Waals surface area contributed by atoms with Gasteiger partial charge in [-0.2, -0.15) is 0 Å². The summed E-state index contributed by atoms with van der Waals surface area (Å²) < 4.78 is 16.7. The van der Waals surface area contributed by atoms with Crippen LogP contribution in [0, 0.1) is 23.7 Å². The highest BCUT2D eigenvalue weighted by molar-refractivity contribution is 5.81. The minimum absolute atomic E-state index is 0.0727. The molecule has 0 amide bonds. The number of likely N-dealkylation sites (tertiary alicyclic amines) is 1. The van der Waals surface area contributed by atoms with Crippen molar-refractivity contribution in [3.63, 3.8) is 0 Å². The average Bonchev–Trinajstić information content (AvgIpc) is 3.22. The van der Waals surface area contributed by atoms with Gasteiger partial charge in [0, 0.05) is 31.5 Å². The van der Waals surface area contributed by atoms with Crippen LogP contribution in [0.25, 0.3) is 0 Å². The molecule has 4 aliphatic rings. The lowest BCUT2D eigenvalue weighted by molar-refractivity contribution is -0.176. The Kier molecular flexibility index (Phi) is 6.19. The molecule has 3 unspecified atom stereocenters. The Labute approximate surface area is 207 Å². The second-order valence-corrected chi connectivity index (χ2v) is 10.8. The number of aliphatic hydroxyl groups is 1. The standard InChI is InChI=1S/C29H35NO5/c31-28(29(32,21-7-3-1-4-8-21)22-9-5-2-6-10-22)33-18-25-23-16-30(17-24(23)25)14-13-20-11-12-26-27(15-20)35-19-34-26/h1,3-4,7-8,11-12,15,22-25,32H,2,5-6,9-10,13-14,16-19H2. The smallest absolute Gasteiger partial charge is 0.343 e. The number of ether oxygens (including phenoxy) is 3. The summed E-state index contributed by atoms with van der Waals surface area (Å²) in [4.78, 5) is 15.8. The van der Waals surface area contributed by atoms with Crippen LogP contribution in [0.4, 0.5) is 0 Å². The molecule has 2 saturated carbocycles. The minimum atomic E-state index is -1.54. The van der Waals surface area contributed by atoms with E-state index in [1.54, 1.807) is 0 Å². The van der Waals surface area contributed by atoms with Crippen molar-refractivity contribution in [2.75, 3.05) is 33.0 Å². The van der Waals surface area contributed by atoms with Gasteiger partial charge in [0.05, 0.1) is 6.61 Å². The minimum Gasteiger partial charge on any atom is -0.463 e. The molecule has 6 rings (SSSR count). The van der Waals surface area contributed by atoms with E-state index in [9.17, 15) is 9.90 Å². The van der Waals surface area contributed by atoms with E-state index in [1.165, 1.54) is 12.0 Å². The summed E-state index contributed by atoms with van der Waals surface area (Å²) in [6.45, 7) is 3.87. The summed E-state index contributed by atoms with van der Waals surface area (Å²) >= 11 is 0. The second-order valence-electron chi connectivity index (χ2n) is 10.8. The number of fused-ring (bicyclic) bond motifs is 2. The molecular formula is C29H35NO5. The van der Waals surface area contributed by atoms with E-state index in [0.717, 1.165) is 63.2 Å².